The quantitative estimate of drug-likeness (QED) is 0.573. The molecule has 1 unspecified atom stereocenters. The van der Waals surface area contributed by atoms with Crippen LogP contribution in [0, 0.1) is 12.8 Å². The molecule has 7 heteroatoms. The lowest BCUT2D eigenvalue weighted by atomic mass is 9.94. The van der Waals surface area contributed by atoms with Gasteiger partial charge in [0.1, 0.15) is 10.8 Å². The number of rotatable bonds is 5. The maximum Gasteiger partial charge on any atom is 0.410 e. The first-order chi connectivity index (χ1) is 11.7. The second-order valence-electron chi connectivity index (χ2n) is 7.55. The first-order valence-corrected chi connectivity index (χ1v) is 9.22. The summed E-state index contributed by atoms with van der Waals surface area (Å²) in [7, 11) is 0. The average molecular weight is 370 g/mol. The molecule has 1 aliphatic rings. The van der Waals surface area contributed by atoms with E-state index >= 15 is 0 Å². The van der Waals surface area contributed by atoms with E-state index in [4.69, 9.17) is 21.1 Å². The average Bonchev–Trinajstić information content (AvgIpc) is 2.53. The van der Waals surface area contributed by atoms with Crippen LogP contribution in [-0.4, -0.2) is 46.3 Å². The molecule has 0 N–H and O–H groups in total. The molecule has 0 spiro atoms. The van der Waals surface area contributed by atoms with E-state index in [0.29, 0.717) is 23.7 Å². The number of hydrogen-bond acceptors (Lipinski definition) is 5. The molecule has 25 heavy (non-hydrogen) atoms. The van der Waals surface area contributed by atoms with Gasteiger partial charge in [0.2, 0.25) is 0 Å². The molecule has 2 rings (SSSR count). The van der Waals surface area contributed by atoms with E-state index in [0.717, 1.165) is 44.3 Å². The van der Waals surface area contributed by atoms with E-state index in [1.54, 1.807) is 6.20 Å². The van der Waals surface area contributed by atoms with Gasteiger partial charge in [0.25, 0.3) is 0 Å². The van der Waals surface area contributed by atoms with Crippen LogP contribution in [0.4, 0.5) is 4.79 Å². The summed E-state index contributed by atoms with van der Waals surface area (Å²) in [6.07, 6.45) is 5.48. The molecular weight excluding hydrogens is 342 g/mol. The Morgan fingerprint density at radius 1 is 1.44 bits per heavy atom. The highest BCUT2D eigenvalue weighted by Gasteiger charge is 2.27. The van der Waals surface area contributed by atoms with Gasteiger partial charge in [-0.05, 0) is 59.3 Å². The Kier molecular flexibility index (Phi) is 6.87. The van der Waals surface area contributed by atoms with Gasteiger partial charge in [0.15, 0.2) is 0 Å². The third kappa shape index (κ3) is 6.69. The highest BCUT2D eigenvalue weighted by Crippen LogP contribution is 2.23. The smallest absolute Gasteiger partial charge is 0.410 e. The summed E-state index contributed by atoms with van der Waals surface area (Å²) in [6.45, 7) is 9.60. The van der Waals surface area contributed by atoms with Crippen LogP contribution < -0.4 is 4.74 Å². The zero-order chi connectivity index (χ0) is 18.4. The topological polar surface area (TPSA) is 64.5 Å². The van der Waals surface area contributed by atoms with E-state index in [9.17, 15) is 4.79 Å². The Hall–Kier alpha value is -1.56. The molecule has 0 saturated carbocycles. The SMILES string of the molecule is Cc1cnc(OCCCC2CCCN(C(=O)OC(C)(C)C)C2)nc1Cl. The fraction of sp³-hybridized carbons (Fsp3) is 0.722. The Bertz CT molecular complexity index is 589. The van der Waals surface area contributed by atoms with E-state index in [1.165, 1.54) is 0 Å². The molecule has 140 valence electrons. The van der Waals surface area contributed by atoms with Crippen molar-refractivity contribution in [3.63, 3.8) is 0 Å². The number of likely N-dealkylation sites (tertiary alicyclic amines) is 1. The van der Waals surface area contributed by atoms with Gasteiger partial charge < -0.3 is 14.4 Å². The number of ether oxygens (including phenoxy) is 2. The Balaban J connectivity index is 1.71. The second-order valence-corrected chi connectivity index (χ2v) is 7.91. The van der Waals surface area contributed by atoms with E-state index in [-0.39, 0.29) is 6.09 Å². The Morgan fingerprint density at radius 3 is 2.88 bits per heavy atom. The van der Waals surface area contributed by atoms with Gasteiger partial charge in [-0.2, -0.15) is 4.98 Å². The van der Waals surface area contributed by atoms with Crippen molar-refractivity contribution in [2.45, 2.75) is 59.0 Å². The molecule has 1 aromatic heterocycles. The molecule has 1 aliphatic heterocycles. The van der Waals surface area contributed by atoms with Crippen molar-refractivity contribution in [2.75, 3.05) is 19.7 Å². The predicted octanol–water partition coefficient (Wildman–Crippen LogP) is 4.24. The fourth-order valence-electron chi connectivity index (χ4n) is 2.80. The lowest BCUT2D eigenvalue weighted by Crippen LogP contribution is -2.42. The van der Waals surface area contributed by atoms with Crippen molar-refractivity contribution >= 4 is 17.7 Å². The van der Waals surface area contributed by atoms with Crippen molar-refractivity contribution in [1.29, 1.82) is 0 Å². The van der Waals surface area contributed by atoms with Crippen LogP contribution in [0.15, 0.2) is 6.20 Å². The van der Waals surface area contributed by atoms with Gasteiger partial charge in [-0.25, -0.2) is 9.78 Å². The summed E-state index contributed by atoms with van der Waals surface area (Å²) >= 11 is 5.96. The molecule has 2 heterocycles. The highest BCUT2D eigenvalue weighted by atomic mass is 35.5. The lowest BCUT2D eigenvalue weighted by molar-refractivity contribution is 0.0159. The molecule has 1 aromatic rings. The Labute approximate surface area is 154 Å². The van der Waals surface area contributed by atoms with Crippen molar-refractivity contribution in [2.24, 2.45) is 5.92 Å². The number of hydrogen-bond donors (Lipinski definition) is 0. The molecule has 1 amide bonds. The summed E-state index contributed by atoms with van der Waals surface area (Å²) < 4.78 is 11.0. The van der Waals surface area contributed by atoms with Gasteiger partial charge in [-0.1, -0.05) is 11.6 Å². The number of piperidine rings is 1. The van der Waals surface area contributed by atoms with Crippen LogP contribution in [-0.2, 0) is 4.74 Å². The molecule has 0 aromatic carbocycles. The number of carbonyl (C=O) groups is 1. The first-order valence-electron chi connectivity index (χ1n) is 8.84. The minimum absolute atomic E-state index is 0.212. The summed E-state index contributed by atoms with van der Waals surface area (Å²) in [4.78, 5) is 22.2. The van der Waals surface area contributed by atoms with E-state index in [1.807, 2.05) is 32.6 Å². The van der Waals surface area contributed by atoms with Gasteiger partial charge in [0, 0.05) is 24.8 Å². The van der Waals surface area contributed by atoms with Crippen LogP contribution in [0.5, 0.6) is 6.01 Å². The third-order valence-corrected chi connectivity index (χ3v) is 4.43. The normalized spacial score (nSPS) is 18.1. The zero-order valence-electron chi connectivity index (χ0n) is 15.5. The van der Waals surface area contributed by atoms with E-state index < -0.39 is 5.60 Å². The molecule has 6 nitrogen and oxygen atoms in total. The minimum atomic E-state index is -0.451. The van der Waals surface area contributed by atoms with Crippen LogP contribution in [0.3, 0.4) is 0 Å². The zero-order valence-corrected chi connectivity index (χ0v) is 16.3. The first kappa shape index (κ1) is 19.8. The van der Waals surface area contributed by atoms with Crippen molar-refractivity contribution in [3.8, 4) is 6.01 Å². The number of aryl methyl sites for hydroxylation is 1. The monoisotopic (exact) mass is 369 g/mol. The number of halogens is 1. The highest BCUT2D eigenvalue weighted by molar-refractivity contribution is 6.30. The molecule has 1 saturated heterocycles. The second kappa shape index (κ2) is 8.70. The fourth-order valence-corrected chi connectivity index (χ4v) is 2.93. The van der Waals surface area contributed by atoms with Crippen LogP contribution in [0.25, 0.3) is 0 Å². The predicted molar refractivity (Wildman–Crippen MR) is 97.0 cm³/mol. The number of amides is 1. The van der Waals surface area contributed by atoms with Crippen molar-refractivity contribution < 1.29 is 14.3 Å². The van der Waals surface area contributed by atoms with Crippen molar-refractivity contribution in [3.05, 3.63) is 16.9 Å². The molecule has 0 bridgehead atoms. The Morgan fingerprint density at radius 2 is 2.20 bits per heavy atom. The summed E-state index contributed by atoms with van der Waals surface area (Å²) in [6, 6.07) is 0.314. The maximum atomic E-state index is 12.2. The summed E-state index contributed by atoms with van der Waals surface area (Å²) in [5.74, 6) is 0.479. The van der Waals surface area contributed by atoms with Crippen LogP contribution >= 0.6 is 11.6 Å². The number of aromatic nitrogens is 2. The van der Waals surface area contributed by atoms with E-state index in [2.05, 4.69) is 9.97 Å². The molecule has 0 radical (unpaired) electrons. The molecular formula is C18H28ClN3O3. The molecule has 1 fully saturated rings. The summed E-state index contributed by atoms with van der Waals surface area (Å²) in [5.41, 5.74) is 0.381. The number of carbonyl (C=O) groups excluding carboxylic acids is 1. The lowest BCUT2D eigenvalue weighted by Gasteiger charge is -2.34. The standard InChI is InChI=1S/C18H28ClN3O3/c1-13-11-20-16(21-15(13)19)24-10-6-8-14-7-5-9-22(12-14)17(23)25-18(2,3)4/h11,14H,5-10,12H2,1-4H3. The minimum Gasteiger partial charge on any atom is -0.463 e. The molecule has 0 aliphatic carbocycles. The van der Waals surface area contributed by atoms with Crippen LogP contribution in [0.1, 0.15) is 52.0 Å². The maximum absolute atomic E-state index is 12.2. The summed E-state index contributed by atoms with van der Waals surface area (Å²) in [5, 5.41) is 0.422. The third-order valence-electron chi connectivity index (χ3n) is 4.05. The van der Waals surface area contributed by atoms with Gasteiger partial charge in [-0.3, -0.25) is 0 Å². The van der Waals surface area contributed by atoms with Crippen LogP contribution in [0.2, 0.25) is 5.15 Å². The number of nitrogens with zero attached hydrogens (tertiary/aromatic N) is 3. The van der Waals surface area contributed by atoms with Gasteiger partial charge in [-0.15, -0.1) is 0 Å². The molecule has 1 atom stereocenters. The van der Waals surface area contributed by atoms with Gasteiger partial charge in [0.05, 0.1) is 6.61 Å². The van der Waals surface area contributed by atoms with Gasteiger partial charge >= 0.3 is 12.1 Å². The largest absolute Gasteiger partial charge is 0.463 e. The van der Waals surface area contributed by atoms with Crippen molar-refractivity contribution in [1.82, 2.24) is 14.9 Å².